The van der Waals surface area contributed by atoms with Crippen LogP contribution in [0.1, 0.15) is 20.8 Å². The minimum atomic E-state index is -5.00. The standard InChI is InChI=1S/C11H18F4N2O2/c1-10(2,3)19-9(18)17-5-4-16-6-7(17)8(12)11(13,14)15/h7-8,16H,4-6H2,1-3H3. The van der Waals surface area contributed by atoms with Crippen molar-refractivity contribution in [3.05, 3.63) is 0 Å². The Balaban J connectivity index is 2.81. The number of hydrogen-bond donors (Lipinski definition) is 1. The fourth-order valence-electron chi connectivity index (χ4n) is 1.75. The molecule has 1 rings (SSSR count). The van der Waals surface area contributed by atoms with Crippen LogP contribution in [-0.2, 0) is 4.74 Å². The lowest BCUT2D eigenvalue weighted by atomic mass is 10.1. The number of amides is 1. The molecule has 2 atom stereocenters. The summed E-state index contributed by atoms with van der Waals surface area (Å²) in [6, 6.07) is -1.59. The van der Waals surface area contributed by atoms with Crippen LogP contribution in [0.2, 0.25) is 0 Å². The highest BCUT2D eigenvalue weighted by atomic mass is 19.4. The van der Waals surface area contributed by atoms with Crippen molar-refractivity contribution in [1.82, 2.24) is 10.2 Å². The second kappa shape index (κ2) is 5.52. The molecule has 2 unspecified atom stereocenters. The highest BCUT2D eigenvalue weighted by Crippen LogP contribution is 2.29. The van der Waals surface area contributed by atoms with Crippen LogP contribution in [0.4, 0.5) is 22.4 Å². The lowest BCUT2D eigenvalue weighted by Gasteiger charge is -2.38. The molecule has 0 saturated carbocycles. The van der Waals surface area contributed by atoms with Gasteiger partial charge >= 0.3 is 12.3 Å². The van der Waals surface area contributed by atoms with Crippen molar-refractivity contribution in [1.29, 1.82) is 0 Å². The van der Waals surface area contributed by atoms with Crippen molar-refractivity contribution >= 4 is 6.09 Å². The topological polar surface area (TPSA) is 41.6 Å². The Morgan fingerprint density at radius 2 is 1.95 bits per heavy atom. The summed E-state index contributed by atoms with van der Waals surface area (Å²) in [7, 11) is 0. The Morgan fingerprint density at radius 3 is 2.42 bits per heavy atom. The van der Waals surface area contributed by atoms with Crippen molar-refractivity contribution in [3.63, 3.8) is 0 Å². The first kappa shape index (κ1) is 16.0. The van der Waals surface area contributed by atoms with Gasteiger partial charge in [0.05, 0.1) is 6.04 Å². The Morgan fingerprint density at radius 1 is 1.37 bits per heavy atom. The zero-order valence-corrected chi connectivity index (χ0v) is 11.1. The largest absolute Gasteiger partial charge is 0.444 e. The molecule has 1 heterocycles. The number of ether oxygens (including phenoxy) is 1. The van der Waals surface area contributed by atoms with E-state index in [1.807, 2.05) is 0 Å². The van der Waals surface area contributed by atoms with Crippen LogP contribution in [-0.4, -0.2) is 54.6 Å². The molecule has 4 nitrogen and oxygen atoms in total. The maximum absolute atomic E-state index is 13.4. The molecule has 1 amide bonds. The first-order valence-electron chi connectivity index (χ1n) is 5.93. The van der Waals surface area contributed by atoms with Crippen molar-refractivity contribution in [2.24, 2.45) is 0 Å². The number of halogens is 4. The second-order valence-electron chi connectivity index (χ2n) is 5.39. The van der Waals surface area contributed by atoms with Gasteiger partial charge in [0.2, 0.25) is 6.17 Å². The van der Waals surface area contributed by atoms with E-state index in [0.717, 1.165) is 4.90 Å². The summed E-state index contributed by atoms with van der Waals surface area (Å²) in [5.74, 6) is 0. The van der Waals surface area contributed by atoms with Gasteiger partial charge in [-0.25, -0.2) is 9.18 Å². The Kier molecular flexibility index (Phi) is 4.65. The van der Waals surface area contributed by atoms with Crippen LogP contribution in [0, 0.1) is 0 Å². The number of carbonyl (C=O) groups is 1. The molecule has 0 aliphatic carbocycles. The third kappa shape index (κ3) is 4.52. The maximum Gasteiger partial charge on any atom is 0.421 e. The first-order chi connectivity index (χ1) is 8.52. The number of nitrogens with zero attached hydrogens (tertiary/aromatic N) is 1. The van der Waals surface area contributed by atoms with E-state index < -0.39 is 30.1 Å². The van der Waals surface area contributed by atoms with Crippen LogP contribution in [0.15, 0.2) is 0 Å². The van der Waals surface area contributed by atoms with Crippen molar-refractivity contribution < 1.29 is 27.1 Å². The lowest BCUT2D eigenvalue weighted by Crippen LogP contribution is -2.60. The molecule has 0 spiro atoms. The normalized spacial score (nSPS) is 23.1. The predicted octanol–water partition coefficient (Wildman–Crippen LogP) is 2.10. The zero-order valence-electron chi connectivity index (χ0n) is 11.1. The van der Waals surface area contributed by atoms with Crippen molar-refractivity contribution in [2.75, 3.05) is 19.6 Å². The van der Waals surface area contributed by atoms with E-state index in [-0.39, 0.29) is 13.1 Å². The van der Waals surface area contributed by atoms with Crippen LogP contribution in [0.5, 0.6) is 0 Å². The summed E-state index contributed by atoms with van der Waals surface area (Å²) in [5.41, 5.74) is -0.837. The molecule has 1 fully saturated rings. The quantitative estimate of drug-likeness (QED) is 0.751. The Bertz CT molecular complexity index is 328. The van der Waals surface area contributed by atoms with Gasteiger partial charge in [-0.05, 0) is 20.8 Å². The summed E-state index contributed by atoms with van der Waals surface area (Å²) in [4.78, 5) is 12.6. The van der Waals surface area contributed by atoms with E-state index in [4.69, 9.17) is 4.74 Å². The van der Waals surface area contributed by atoms with Crippen LogP contribution >= 0.6 is 0 Å². The molecule has 0 aromatic heterocycles. The van der Waals surface area contributed by atoms with E-state index in [0.29, 0.717) is 6.54 Å². The molecular weight excluding hydrogens is 268 g/mol. The van der Waals surface area contributed by atoms with Gasteiger partial charge in [-0.1, -0.05) is 0 Å². The van der Waals surface area contributed by atoms with Crippen LogP contribution in [0.25, 0.3) is 0 Å². The number of piperazine rings is 1. The van der Waals surface area contributed by atoms with Gasteiger partial charge in [-0.2, -0.15) is 13.2 Å². The minimum absolute atomic E-state index is 0.0178. The third-order valence-corrected chi connectivity index (χ3v) is 2.56. The summed E-state index contributed by atoms with van der Waals surface area (Å²) in [6.07, 6.45) is -9.01. The van der Waals surface area contributed by atoms with Crippen LogP contribution in [0.3, 0.4) is 0 Å². The highest BCUT2D eigenvalue weighted by molar-refractivity contribution is 5.69. The number of alkyl halides is 4. The molecule has 0 bridgehead atoms. The summed E-state index contributed by atoms with van der Waals surface area (Å²) in [6.45, 7) is 4.83. The number of carbonyl (C=O) groups excluding carboxylic acids is 1. The van der Waals surface area contributed by atoms with Gasteiger partial charge in [0.15, 0.2) is 0 Å². The SMILES string of the molecule is CC(C)(C)OC(=O)N1CCNCC1C(F)C(F)(F)F. The van der Waals surface area contributed by atoms with Gasteiger partial charge in [0, 0.05) is 19.6 Å². The maximum atomic E-state index is 13.4. The molecule has 19 heavy (non-hydrogen) atoms. The second-order valence-corrected chi connectivity index (χ2v) is 5.39. The molecule has 112 valence electrons. The van der Waals surface area contributed by atoms with E-state index in [1.165, 1.54) is 0 Å². The summed E-state index contributed by atoms with van der Waals surface area (Å²) >= 11 is 0. The number of rotatable bonds is 1. The average molecular weight is 286 g/mol. The molecule has 0 aromatic carbocycles. The fourth-order valence-corrected chi connectivity index (χ4v) is 1.75. The van der Waals surface area contributed by atoms with E-state index >= 15 is 0 Å². The number of hydrogen-bond acceptors (Lipinski definition) is 3. The van der Waals surface area contributed by atoms with Gasteiger partial charge in [-0.15, -0.1) is 0 Å². The molecular formula is C11H18F4N2O2. The van der Waals surface area contributed by atoms with Crippen molar-refractivity contribution in [3.8, 4) is 0 Å². The van der Waals surface area contributed by atoms with Crippen molar-refractivity contribution in [2.45, 2.75) is 44.8 Å². The third-order valence-electron chi connectivity index (χ3n) is 2.56. The van der Waals surface area contributed by atoms with Gasteiger partial charge in [-0.3, -0.25) is 4.90 Å². The Hall–Kier alpha value is -1.05. The average Bonchev–Trinajstić information content (AvgIpc) is 2.24. The molecule has 1 aliphatic rings. The Labute approximate surface area is 109 Å². The monoisotopic (exact) mass is 286 g/mol. The highest BCUT2D eigenvalue weighted by Gasteiger charge is 2.49. The van der Waals surface area contributed by atoms with E-state index in [1.54, 1.807) is 20.8 Å². The summed E-state index contributed by atoms with van der Waals surface area (Å²) < 4.78 is 55.7. The first-order valence-corrected chi connectivity index (χ1v) is 5.93. The van der Waals surface area contributed by atoms with Gasteiger partial charge < -0.3 is 10.1 Å². The fraction of sp³-hybridized carbons (Fsp3) is 0.909. The van der Waals surface area contributed by atoms with Gasteiger partial charge in [0.1, 0.15) is 5.60 Å². The lowest BCUT2D eigenvalue weighted by molar-refractivity contribution is -0.197. The molecule has 1 N–H and O–H groups in total. The smallest absolute Gasteiger partial charge is 0.421 e. The molecule has 0 radical (unpaired) electrons. The van der Waals surface area contributed by atoms with Crippen LogP contribution < -0.4 is 5.32 Å². The van der Waals surface area contributed by atoms with E-state index in [2.05, 4.69) is 5.32 Å². The summed E-state index contributed by atoms with van der Waals surface area (Å²) in [5, 5.41) is 2.65. The zero-order chi connectivity index (χ0) is 14.8. The molecule has 8 heteroatoms. The number of nitrogens with one attached hydrogen (secondary N) is 1. The minimum Gasteiger partial charge on any atom is -0.444 e. The van der Waals surface area contributed by atoms with E-state index in [9.17, 15) is 22.4 Å². The predicted molar refractivity (Wildman–Crippen MR) is 60.5 cm³/mol. The molecule has 0 aromatic rings. The molecule has 1 saturated heterocycles. The molecule has 1 aliphatic heterocycles. The van der Waals surface area contributed by atoms with Gasteiger partial charge in [0.25, 0.3) is 0 Å².